The fourth-order valence-corrected chi connectivity index (χ4v) is 2.37. The van der Waals surface area contributed by atoms with Gasteiger partial charge in [0, 0.05) is 23.2 Å². The average Bonchev–Trinajstić information content (AvgIpc) is 2.83. The van der Waals surface area contributed by atoms with Crippen LogP contribution >= 0.6 is 11.6 Å². The first kappa shape index (κ1) is 13.6. The lowest BCUT2D eigenvalue weighted by atomic mass is 10.1. The van der Waals surface area contributed by atoms with Gasteiger partial charge in [-0.25, -0.2) is 4.98 Å². The number of nitrogens with zero attached hydrogens (tertiary/aromatic N) is 1. The molecule has 1 aromatic heterocycles. The maximum atomic E-state index is 11.2. The largest absolute Gasteiger partial charge is 0.436 e. The maximum absolute atomic E-state index is 11.2. The van der Waals surface area contributed by atoms with E-state index in [1.165, 1.54) is 6.92 Å². The summed E-state index contributed by atoms with van der Waals surface area (Å²) < 4.78 is 5.77. The predicted molar refractivity (Wildman–Crippen MR) is 83.5 cm³/mol. The lowest BCUT2D eigenvalue weighted by Crippen LogP contribution is -2.07. The van der Waals surface area contributed by atoms with Crippen molar-refractivity contribution in [1.82, 2.24) is 4.98 Å². The van der Waals surface area contributed by atoms with Crippen molar-refractivity contribution in [3.63, 3.8) is 0 Å². The summed E-state index contributed by atoms with van der Waals surface area (Å²) in [6.07, 6.45) is 0. The van der Waals surface area contributed by atoms with Gasteiger partial charge in [-0.05, 0) is 42.8 Å². The summed E-state index contributed by atoms with van der Waals surface area (Å²) in [5.74, 6) is 0.400. The second-order valence-electron chi connectivity index (χ2n) is 4.79. The van der Waals surface area contributed by atoms with Crippen molar-refractivity contribution >= 4 is 34.3 Å². The van der Waals surface area contributed by atoms with Crippen LogP contribution in [0.5, 0.6) is 0 Å². The van der Waals surface area contributed by atoms with Crippen molar-refractivity contribution in [2.75, 3.05) is 5.32 Å². The molecule has 0 radical (unpaired) electrons. The van der Waals surface area contributed by atoms with Crippen molar-refractivity contribution in [1.29, 1.82) is 0 Å². The summed E-state index contributed by atoms with van der Waals surface area (Å²) in [5, 5.41) is 3.41. The average molecular weight is 301 g/mol. The summed E-state index contributed by atoms with van der Waals surface area (Å²) >= 11 is 5.96. The topological polar surface area (TPSA) is 55.1 Å². The molecule has 1 amide bonds. The van der Waals surface area contributed by atoms with Gasteiger partial charge in [-0.15, -0.1) is 0 Å². The molecule has 106 valence electrons. The van der Waals surface area contributed by atoms with E-state index in [0.29, 0.717) is 22.0 Å². The van der Waals surface area contributed by atoms with Gasteiger partial charge in [0.25, 0.3) is 0 Å². The highest BCUT2D eigenvalue weighted by molar-refractivity contribution is 6.31. The van der Waals surface area contributed by atoms with Crippen LogP contribution in [0.15, 0.2) is 40.8 Å². The van der Waals surface area contributed by atoms with Crippen LogP contribution in [0, 0.1) is 6.92 Å². The van der Waals surface area contributed by atoms with Crippen molar-refractivity contribution in [2.24, 2.45) is 0 Å². The third-order valence-corrected chi connectivity index (χ3v) is 3.46. The Bertz CT molecular complexity index is 839. The Morgan fingerprint density at radius 3 is 2.86 bits per heavy atom. The molecule has 1 heterocycles. The molecule has 0 bridgehead atoms. The molecule has 0 aliphatic heterocycles. The van der Waals surface area contributed by atoms with E-state index in [4.69, 9.17) is 16.0 Å². The number of amides is 1. The van der Waals surface area contributed by atoms with Crippen molar-refractivity contribution in [2.45, 2.75) is 13.8 Å². The molecule has 3 rings (SSSR count). The summed E-state index contributed by atoms with van der Waals surface area (Å²) in [4.78, 5) is 15.7. The first-order valence-corrected chi connectivity index (χ1v) is 6.86. The van der Waals surface area contributed by atoms with Crippen LogP contribution in [0.4, 0.5) is 5.69 Å². The SMILES string of the molecule is CC(=O)Nc1cccc(-c2nc3cc(Cl)ccc3o2)c1C. The van der Waals surface area contributed by atoms with Crippen molar-refractivity contribution in [3.05, 3.63) is 47.0 Å². The lowest BCUT2D eigenvalue weighted by molar-refractivity contribution is -0.114. The van der Waals surface area contributed by atoms with E-state index in [9.17, 15) is 4.79 Å². The molecule has 0 unspecified atom stereocenters. The van der Waals surface area contributed by atoms with E-state index in [-0.39, 0.29) is 5.91 Å². The van der Waals surface area contributed by atoms with Crippen LogP contribution in [-0.2, 0) is 4.79 Å². The molecule has 0 saturated carbocycles. The van der Waals surface area contributed by atoms with Crippen LogP contribution in [0.25, 0.3) is 22.6 Å². The van der Waals surface area contributed by atoms with E-state index >= 15 is 0 Å². The number of fused-ring (bicyclic) bond motifs is 1. The van der Waals surface area contributed by atoms with Crippen molar-refractivity contribution in [3.8, 4) is 11.5 Å². The second-order valence-corrected chi connectivity index (χ2v) is 5.23. The Balaban J connectivity index is 2.11. The lowest BCUT2D eigenvalue weighted by Gasteiger charge is -2.09. The summed E-state index contributed by atoms with van der Waals surface area (Å²) in [5.41, 5.74) is 3.89. The Hall–Kier alpha value is -2.33. The molecule has 0 fully saturated rings. The Labute approximate surface area is 126 Å². The van der Waals surface area contributed by atoms with Crippen LogP contribution in [-0.4, -0.2) is 10.9 Å². The van der Waals surface area contributed by atoms with Crippen LogP contribution in [0.1, 0.15) is 12.5 Å². The number of anilines is 1. The fourth-order valence-electron chi connectivity index (χ4n) is 2.21. The van der Waals surface area contributed by atoms with E-state index in [0.717, 1.165) is 16.8 Å². The summed E-state index contributed by atoms with van der Waals surface area (Å²) in [6.45, 7) is 3.40. The quantitative estimate of drug-likeness (QED) is 0.762. The molecule has 0 saturated heterocycles. The summed E-state index contributed by atoms with van der Waals surface area (Å²) in [6, 6.07) is 10.9. The Morgan fingerprint density at radius 2 is 2.10 bits per heavy atom. The van der Waals surface area contributed by atoms with Gasteiger partial charge in [-0.2, -0.15) is 0 Å². The molecule has 4 nitrogen and oxygen atoms in total. The molecule has 3 aromatic rings. The van der Waals surface area contributed by atoms with Gasteiger partial charge in [0.2, 0.25) is 11.8 Å². The van der Waals surface area contributed by atoms with Crippen LogP contribution in [0.2, 0.25) is 5.02 Å². The molecule has 5 heteroatoms. The number of aromatic nitrogens is 1. The maximum Gasteiger partial charge on any atom is 0.227 e. The zero-order chi connectivity index (χ0) is 15.0. The smallest absolute Gasteiger partial charge is 0.227 e. The number of rotatable bonds is 2. The van der Waals surface area contributed by atoms with Gasteiger partial charge in [-0.3, -0.25) is 4.79 Å². The van der Waals surface area contributed by atoms with Crippen LogP contribution in [0.3, 0.4) is 0 Å². The molecule has 1 N–H and O–H groups in total. The van der Waals surface area contributed by atoms with E-state index in [1.54, 1.807) is 18.2 Å². The minimum absolute atomic E-state index is 0.111. The van der Waals surface area contributed by atoms with E-state index < -0.39 is 0 Å². The molecule has 0 aliphatic rings. The number of nitrogens with one attached hydrogen (secondary N) is 1. The number of halogens is 1. The van der Waals surface area contributed by atoms with Gasteiger partial charge in [0.15, 0.2) is 5.58 Å². The first-order valence-electron chi connectivity index (χ1n) is 6.48. The third-order valence-electron chi connectivity index (χ3n) is 3.22. The number of hydrogen-bond donors (Lipinski definition) is 1. The molecule has 0 atom stereocenters. The van der Waals surface area contributed by atoms with Gasteiger partial charge in [0.1, 0.15) is 5.52 Å². The number of benzene rings is 2. The molecule has 2 aromatic carbocycles. The fraction of sp³-hybridized carbons (Fsp3) is 0.125. The first-order chi connectivity index (χ1) is 10.0. The van der Waals surface area contributed by atoms with E-state index in [1.807, 2.05) is 25.1 Å². The zero-order valence-corrected chi connectivity index (χ0v) is 12.4. The highest BCUT2D eigenvalue weighted by atomic mass is 35.5. The van der Waals surface area contributed by atoms with Gasteiger partial charge >= 0.3 is 0 Å². The number of carbonyl (C=O) groups excluding carboxylic acids is 1. The summed E-state index contributed by atoms with van der Waals surface area (Å²) in [7, 11) is 0. The molecule has 0 spiro atoms. The number of carbonyl (C=O) groups is 1. The number of oxazole rings is 1. The Morgan fingerprint density at radius 1 is 1.29 bits per heavy atom. The standard InChI is InChI=1S/C16H13ClN2O2/c1-9-12(4-3-5-13(9)18-10(2)20)16-19-14-8-11(17)6-7-15(14)21-16/h3-8H,1-2H3,(H,18,20). The Kier molecular flexibility index (Phi) is 3.39. The molecular formula is C16H13ClN2O2. The number of hydrogen-bond acceptors (Lipinski definition) is 3. The zero-order valence-electron chi connectivity index (χ0n) is 11.6. The molecular weight excluding hydrogens is 288 g/mol. The second kappa shape index (κ2) is 5.22. The minimum atomic E-state index is -0.111. The monoisotopic (exact) mass is 300 g/mol. The molecule has 0 aliphatic carbocycles. The predicted octanol–water partition coefficient (Wildman–Crippen LogP) is 4.42. The van der Waals surface area contributed by atoms with Crippen molar-refractivity contribution < 1.29 is 9.21 Å². The molecule has 21 heavy (non-hydrogen) atoms. The van der Waals surface area contributed by atoms with Gasteiger partial charge in [-0.1, -0.05) is 17.7 Å². The van der Waals surface area contributed by atoms with E-state index in [2.05, 4.69) is 10.3 Å². The normalized spacial score (nSPS) is 10.8. The van der Waals surface area contributed by atoms with Gasteiger partial charge < -0.3 is 9.73 Å². The minimum Gasteiger partial charge on any atom is -0.436 e. The third kappa shape index (κ3) is 2.62. The van der Waals surface area contributed by atoms with Crippen LogP contribution < -0.4 is 5.32 Å². The highest BCUT2D eigenvalue weighted by Crippen LogP contribution is 2.31. The highest BCUT2D eigenvalue weighted by Gasteiger charge is 2.13. The van der Waals surface area contributed by atoms with Gasteiger partial charge in [0.05, 0.1) is 0 Å².